The van der Waals surface area contributed by atoms with Crippen molar-refractivity contribution in [3.05, 3.63) is 29.3 Å². The molecule has 0 aliphatic carbocycles. The van der Waals surface area contributed by atoms with Crippen LogP contribution in [-0.4, -0.2) is 37.9 Å². The lowest BCUT2D eigenvalue weighted by Crippen LogP contribution is -2.46. The molecule has 5 nitrogen and oxygen atoms in total. The molecule has 1 aromatic rings. The number of hydrogen-bond acceptors (Lipinski definition) is 3. The largest absolute Gasteiger partial charge is 0.491 e. The first-order chi connectivity index (χ1) is 10.6. The molecular formula is C17H26N2O3. The molecule has 2 rings (SSSR count). The summed E-state index contributed by atoms with van der Waals surface area (Å²) in [5, 5.41) is 5.82. The molecular weight excluding hydrogens is 280 g/mol. The van der Waals surface area contributed by atoms with Crippen LogP contribution in [0.5, 0.6) is 5.75 Å². The van der Waals surface area contributed by atoms with Crippen LogP contribution < -0.4 is 15.4 Å². The molecule has 2 atom stereocenters. The molecule has 0 saturated carbocycles. The molecule has 0 spiro atoms. The Bertz CT molecular complexity index is 484. The maximum atomic E-state index is 11.8. The molecule has 1 heterocycles. The molecule has 1 aliphatic rings. The molecule has 1 aliphatic heterocycles. The Morgan fingerprint density at radius 3 is 2.77 bits per heavy atom. The van der Waals surface area contributed by atoms with Gasteiger partial charge in [-0.3, -0.25) is 0 Å². The predicted molar refractivity (Wildman–Crippen MR) is 86.4 cm³/mol. The van der Waals surface area contributed by atoms with Gasteiger partial charge < -0.3 is 20.1 Å². The van der Waals surface area contributed by atoms with Crippen molar-refractivity contribution in [2.75, 3.05) is 19.8 Å². The van der Waals surface area contributed by atoms with E-state index in [4.69, 9.17) is 9.47 Å². The first-order valence-electron chi connectivity index (χ1n) is 7.91. The fourth-order valence-electron chi connectivity index (χ4n) is 2.71. The molecule has 2 N–H and O–H groups in total. The molecule has 1 fully saturated rings. The van der Waals surface area contributed by atoms with Crippen molar-refractivity contribution in [3.63, 3.8) is 0 Å². The zero-order valence-electron chi connectivity index (χ0n) is 13.6. The van der Waals surface area contributed by atoms with Crippen LogP contribution in [0.3, 0.4) is 0 Å². The number of para-hydroxylation sites is 1. The highest BCUT2D eigenvalue weighted by Crippen LogP contribution is 2.21. The van der Waals surface area contributed by atoms with Gasteiger partial charge in [0, 0.05) is 12.6 Å². The van der Waals surface area contributed by atoms with Gasteiger partial charge in [0.1, 0.15) is 12.4 Å². The van der Waals surface area contributed by atoms with Crippen LogP contribution in [0.4, 0.5) is 4.79 Å². The minimum Gasteiger partial charge on any atom is -0.491 e. The highest BCUT2D eigenvalue weighted by atomic mass is 16.5. The van der Waals surface area contributed by atoms with Gasteiger partial charge in [-0.15, -0.1) is 0 Å². The minimum atomic E-state index is -0.135. The summed E-state index contributed by atoms with van der Waals surface area (Å²) < 4.78 is 11.2. The lowest BCUT2D eigenvalue weighted by Gasteiger charge is -2.27. The van der Waals surface area contributed by atoms with Gasteiger partial charge >= 0.3 is 6.03 Å². The number of ether oxygens (including phenoxy) is 2. The number of benzene rings is 1. The predicted octanol–water partition coefficient (Wildman–Crippen LogP) is 2.55. The summed E-state index contributed by atoms with van der Waals surface area (Å²) in [6, 6.07) is 6.12. The van der Waals surface area contributed by atoms with Crippen LogP contribution in [0.1, 0.15) is 30.9 Å². The Kier molecular flexibility index (Phi) is 6.07. The maximum absolute atomic E-state index is 11.8. The van der Waals surface area contributed by atoms with E-state index in [1.54, 1.807) is 0 Å². The zero-order chi connectivity index (χ0) is 15.9. The van der Waals surface area contributed by atoms with Gasteiger partial charge in [0.05, 0.1) is 12.6 Å². The molecule has 5 heteroatoms. The van der Waals surface area contributed by atoms with Crippen molar-refractivity contribution in [1.82, 2.24) is 10.6 Å². The lowest BCUT2D eigenvalue weighted by molar-refractivity contribution is 0.0154. The molecule has 0 aromatic heterocycles. The summed E-state index contributed by atoms with van der Waals surface area (Å²) in [5.74, 6) is 0.906. The summed E-state index contributed by atoms with van der Waals surface area (Å²) in [6.07, 6.45) is 1.95. The second kappa shape index (κ2) is 8.03. The molecule has 1 saturated heterocycles. The fourth-order valence-corrected chi connectivity index (χ4v) is 2.71. The number of carbonyl (C=O) groups is 1. The molecule has 0 radical (unpaired) electrons. The van der Waals surface area contributed by atoms with E-state index in [1.807, 2.05) is 39.0 Å². The van der Waals surface area contributed by atoms with Crippen molar-refractivity contribution >= 4 is 6.03 Å². The fraction of sp³-hybridized carbons (Fsp3) is 0.588. The van der Waals surface area contributed by atoms with Gasteiger partial charge in [-0.2, -0.15) is 0 Å². The number of hydrogen-bond donors (Lipinski definition) is 2. The van der Waals surface area contributed by atoms with Crippen molar-refractivity contribution in [1.29, 1.82) is 0 Å². The topological polar surface area (TPSA) is 59.6 Å². The van der Waals surface area contributed by atoms with Gasteiger partial charge in [-0.05, 0) is 44.7 Å². The Morgan fingerprint density at radius 2 is 2.09 bits per heavy atom. The Labute approximate surface area is 132 Å². The van der Waals surface area contributed by atoms with Crippen molar-refractivity contribution in [3.8, 4) is 5.75 Å². The summed E-state index contributed by atoms with van der Waals surface area (Å²) >= 11 is 0. The lowest BCUT2D eigenvalue weighted by atomic mass is 10.0. The number of aryl methyl sites for hydroxylation is 2. The van der Waals surface area contributed by atoms with Crippen molar-refractivity contribution in [2.45, 2.75) is 45.8 Å². The van der Waals surface area contributed by atoms with Crippen LogP contribution in [0.25, 0.3) is 0 Å². The average molecular weight is 306 g/mol. The molecule has 122 valence electrons. The van der Waals surface area contributed by atoms with E-state index in [0.717, 1.165) is 29.7 Å². The van der Waals surface area contributed by atoms with Crippen molar-refractivity contribution < 1.29 is 14.3 Å². The van der Waals surface area contributed by atoms with E-state index < -0.39 is 0 Å². The Hall–Kier alpha value is -1.75. The third-order valence-electron chi connectivity index (χ3n) is 3.86. The second-order valence-corrected chi connectivity index (χ2v) is 5.87. The summed E-state index contributed by atoms with van der Waals surface area (Å²) in [6.45, 7) is 7.73. The van der Waals surface area contributed by atoms with Crippen LogP contribution in [0.15, 0.2) is 18.2 Å². The molecule has 0 bridgehead atoms. The second-order valence-electron chi connectivity index (χ2n) is 5.87. The monoisotopic (exact) mass is 306 g/mol. The van der Waals surface area contributed by atoms with Crippen LogP contribution in [0, 0.1) is 13.8 Å². The first kappa shape index (κ1) is 16.6. The molecule has 2 amide bonds. The zero-order valence-corrected chi connectivity index (χ0v) is 13.6. The number of nitrogens with one attached hydrogen (secondary N) is 2. The van der Waals surface area contributed by atoms with E-state index in [-0.39, 0.29) is 18.2 Å². The van der Waals surface area contributed by atoms with E-state index >= 15 is 0 Å². The smallest absolute Gasteiger partial charge is 0.315 e. The van der Waals surface area contributed by atoms with Gasteiger partial charge in [0.15, 0.2) is 0 Å². The van der Waals surface area contributed by atoms with E-state index in [2.05, 4.69) is 10.6 Å². The highest BCUT2D eigenvalue weighted by molar-refractivity contribution is 5.74. The SMILES string of the molecule is Cc1cccc(C)c1OCCNC(=O)NC1CCOC(C)C1. The molecule has 22 heavy (non-hydrogen) atoms. The standard InChI is InChI=1S/C17H26N2O3/c1-12-5-4-6-13(2)16(12)22-10-8-18-17(20)19-15-7-9-21-14(3)11-15/h4-6,14-15H,7-11H2,1-3H3,(H2,18,19,20). The summed E-state index contributed by atoms with van der Waals surface area (Å²) in [5.41, 5.74) is 2.22. The highest BCUT2D eigenvalue weighted by Gasteiger charge is 2.20. The van der Waals surface area contributed by atoms with E-state index in [9.17, 15) is 4.79 Å². The Morgan fingerprint density at radius 1 is 1.36 bits per heavy atom. The van der Waals surface area contributed by atoms with Gasteiger partial charge in [0.25, 0.3) is 0 Å². The van der Waals surface area contributed by atoms with Crippen LogP contribution in [0.2, 0.25) is 0 Å². The summed E-state index contributed by atoms with van der Waals surface area (Å²) in [7, 11) is 0. The Balaban J connectivity index is 1.67. The van der Waals surface area contributed by atoms with E-state index in [1.165, 1.54) is 0 Å². The third-order valence-corrected chi connectivity index (χ3v) is 3.86. The van der Waals surface area contributed by atoms with Gasteiger partial charge in [0.2, 0.25) is 0 Å². The van der Waals surface area contributed by atoms with Gasteiger partial charge in [-0.1, -0.05) is 18.2 Å². The van der Waals surface area contributed by atoms with Crippen LogP contribution >= 0.6 is 0 Å². The number of carbonyl (C=O) groups excluding carboxylic acids is 1. The number of amides is 2. The van der Waals surface area contributed by atoms with Crippen molar-refractivity contribution in [2.24, 2.45) is 0 Å². The average Bonchev–Trinajstić information content (AvgIpc) is 2.46. The normalized spacial score (nSPS) is 21.2. The third kappa shape index (κ3) is 4.91. The quantitative estimate of drug-likeness (QED) is 0.822. The van der Waals surface area contributed by atoms with Gasteiger partial charge in [-0.25, -0.2) is 4.79 Å². The first-order valence-corrected chi connectivity index (χ1v) is 7.91. The number of urea groups is 1. The maximum Gasteiger partial charge on any atom is 0.315 e. The van der Waals surface area contributed by atoms with E-state index in [0.29, 0.717) is 19.8 Å². The minimum absolute atomic E-state index is 0.135. The molecule has 2 unspecified atom stereocenters. The summed E-state index contributed by atoms with van der Waals surface area (Å²) in [4.78, 5) is 11.8. The van der Waals surface area contributed by atoms with Crippen LogP contribution in [-0.2, 0) is 4.74 Å². The number of rotatable bonds is 5. The molecule has 1 aromatic carbocycles.